The van der Waals surface area contributed by atoms with Gasteiger partial charge in [0.05, 0.1) is 5.56 Å². The summed E-state index contributed by atoms with van der Waals surface area (Å²) in [5, 5.41) is 0. The van der Waals surface area contributed by atoms with Crippen LogP contribution in [-0.2, 0) is 6.18 Å². The molecule has 1 aromatic carbocycles. The molecule has 0 saturated heterocycles. The molecule has 0 aliphatic rings. The molecule has 0 spiro atoms. The summed E-state index contributed by atoms with van der Waals surface area (Å²) in [4.78, 5) is 0. The van der Waals surface area contributed by atoms with Crippen molar-refractivity contribution in [1.29, 1.82) is 0 Å². The Bertz CT molecular complexity index is 1060. The quantitative estimate of drug-likeness (QED) is 0.149. The number of aromatic nitrogens is 1. The first-order valence-electron chi connectivity index (χ1n) is 7.63. The molecule has 29 heavy (non-hydrogen) atoms. The maximum atomic E-state index is 12.5. The zero-order valence-electron chi connectivity index (χ0n) is 14.1. The molecule has 0 aliphatic carbocycles. The van der Waals surface area contributed by atoms with Crippen molar-refractivity contribution in [2.24, 2.45) is 0 Å². The molecule has 0 fully saturated rings. The van der Waals surface area contributed by atoms with Gasteiger partial charge in [-0.05, 0) is 30.3 Å². The number of pyridine rings is 2. The minimum atomic E-state index is -10.7. The van der Waals surface area contributed by atoms with E-state index < -0.39 is 19.5 Å². The first kappa shape index (κ1) is 22.5. The Labute approximate surface area is 158 Å². The van der Waals surface area contributed by atoms with Gasteiger partial charge in [0.25, 0.3) is 0 Å². The van der Waals surface area contributed by atoms with Crippen molar-refractivity contribution in [3.63, 3.8) is 0 Å². The Morgan fingerprint density at radius 3 is 1.79 bits per heavy atom. The van der Waals surface area contributed by atoms with Crippen LogP contribution in [-0.4, -0.2) is 0 Å². The van der Waals surface area contributed by atoms with Crippen molar-refractivity contribution in [1.82, 2.24) is 0 Å². The van der Waals surface area contributed by atoms with Crippen LogP contribution < -0.4 is 4.40 Å². The normalized spacial score (nSPS) is 14.0. The van der Waals surface area contributed by atoms with Gasteiger partial charge in [0.15, 0.2) is 12.4 Å². The molecule has 0 amide bonds. The average Bonchev–Trinajstić information content (AvgIpc) is 2.56. The average molecular weight is 443 g/mol. The summed E-state index contributed by atoms with van der Waals surface area (Å²) in [6, 6.07) is 14.5. The molecular formula is C18H11F9NP. The van der Waals surface area contributed by atoms with Crippen LogP contribution in [0.5, 0.6) is 0 Å². The van der Waals surface area contributed by atoms with Crippen molar-refractivity contribution in [2.45, 2.75) is 6.18 Å². The molecule has 0 N–H and O–H groups in total. The molecule has 0 unspecified atom stereocenters. The topological polar surface area (TPSA) is 4.10 Å². The second kappa shape index (κ2) is 6.92. The van der Waals surface area contributed by atoms with Crippen LogP contribution in [0.3, 0.4) is 0 Å². The second-order valence-corrected chi connectivity index (χ2v) is 7.65. The SMILES string of the molecule is FC(F)(F)c1ccc(C#Cc2cc[n+]3ccccc3c2)cc1.F[P-](F)(F)(F)(F)F. The number of hydrogen-bond donors (Lipinski definition) is 0. The van der Waals surface area contributed by atoms with E-state index in [-0.39, 0.29) is 0 Å². The van der Waals surface area contributed by atoms with E-state index in [0.29, 0.717) is 5.56 Å². The third-order valence-corrected chi connectivity index (χ3v) is 3.20. The van der Waals surface area contributed by atoms with Gasteiger partial charge in [-0.15, -0.1) is 0 Å². The molecule has 0 aliphatic heterocycles. The minimum absolute atomic E-state index is 0.550. The van der Waals surface area contributed by atoms with E-state index in [2.05, 4.69) is 11.8 Å². The van der Waals surface area contributed by atoms with Gasteiger partial charge in [0, 0.05) is 35.4 Å². The molecule has 0 atom stereocenters. The van der Waals surface area contributed by atoms with Crippen molar-refractivity contribution in [3.05, 3.63) is 83.7 Å². The summed E-state index contributed by atoms with van der Waals surface area (Å²) >= 11 is 0. The van der Waals surface area contributed by atoms with Crippen LogP contribution in [0.4, 0.5) is 38.4 Å². The molecule has 0 radical (unpaired) electrons. The molecular weight excluding hydrogens is 432 g/mol. The number of rotatable bonds is 0. The number of hydrogen-bond acceptors (Lipinski definition) is 0. The van der Waals surface area contributed by atoms with Crippen molar-refractivity contribution in [2.75, 3.05) is 0 Å². The van der Waals surface area contributed by atoms with Crippen LogP contribution in [0.25, 0.3) is 5.52 Å². The van der Waals surface area contributed by atoms with E-state index in [4.69, 9.17) is 0 Å². The molecule has 0 saturated carbocycles. The molecule has 0 bridgehead atoms. The Hall–Kier alpha value is -2.79. The van der Waals surface area contributed by atoms with Gasteiger partial charge in [-0.2, -0.15) is 17.6 Å². The van der Waals surface area contributed by atoms with E-state index in [0.717, 1.165) is 23.2 Å². The van der Waals surface area contributed by atoms with E-state index in [9.17, 15) is 38.4 Å². The third kappa shape index (κ3) is 9.30. The van der Waals surface area contributed by atoms with E-state index in [1.54, 1.807) is 0 Å². The number of fused-ring (bicyclic) bond motifs is 1. The standard InChI is InChI=1S/C18H11F3N.F6P/c19-18(20,21)16-8-6-14(7-9-16)4-5-15-10-12-22-11-2-1-3-17(22)13-15;1-7(2,3,4,5)6/h1-3,6-13H;/q+1;-1. The fourth-order valence-electron chi connectivity index (χ4n) is 2.06. The number of nitrogens with zero attached hydrogens (tertiary/aromatic N) is 1. The first-order valence-corrected chi connectivity index (χ1v) is 9.66. The van der Waals surface area contributed by atoms with Crippen LogP contribution in [0.15, 0.2) is 67.0 Å². The van der Waals surface area contributed by atoms with Crippen molar-refractivity contribution >= 4 is 13.3 Å². The molecule has 2 aromatic heterocycles. The van der Waals surface area contributed by atoms with Gasteiger partial charge in [-0.25, -0.2) is 0 Å². The Morgan fingerprint density at radius 1 is 0.690 bits per heavy atom. The van der Waals surface area contributed by atoms with Gasteiger partial charge in [-0.1, -0.05) is 11.8 Å². The van der Waals surface area contributed by atoms with Crippen molar-refractivity contribution < 1.29 is 42.8 Å². The molecule has 156 valence electrons. The zero-order chi connectivity index (χ0) is 22.0. The van der Waals surface area contributed by atoms with Gasteiger partial charge < -0.3 is 0 Å². The second-order valence-electron chi connectivity index (χ2n) is 5.73. The molecule has 11 heteroatoms. The number of benzene rings is 1. The molecule has 3 aromatic rings. The summed E-state index contributed by atoms with van der Waals surface area (Å²) in [5.74, 6) is 5.84. The predicted molar refractivity (Wildman–Crippen MR) is 90.6 cm³/mol. The summed E-state index contributed by atoms with van der Waals surface area (Å²) in [6.45, 7) is 0. The summed E-state index contributed by atoms with van der Waals surface area (Å²) < 4.78 is 98.6. The van der Waals surface area contributed by atoms with Gasteiger partial charge in [-0.3, -0.25) is 0 Å². The molecule has 1 nitrogen and oxygen atoms in total. The Balaban J connectivity index is 0.000000370. The number of halogens is 9. The Morgan fingerprint density at radius 2 is 1.24 bits per heavy atom. The zero-order valence-corrected chi connectivity index (χ0v) is 15.0. The van der Waals surface area contributed by atoms with Crippen LogP contribution in [0, 0.1) is 11.8 Å². The predicted octanol–water partition coefficient (Wildman–Crippen LogP) is 7.23. The monoisotopic (exact) mass is 443 g/mol. The number of alkyl halides is 3. The fraction of sp³-hybridized carbons (Fsp3) is 0.0556. The fourth-order valence-corrected chi connectivity index (χ4v) is 2.06. The molecule has 3 rings (SSSR count). The van der Waals surface area contributed by atoms with E-state index in [1.165, 1.54) is 12.1 Å². The molecule has 2 heterocycles. The van der Waals surface area contributed by atoms with Crippen LogP contribution in [0.2, 0.25) is 0 Å². The van der Waals surface area contributed by atoms with E-state index >= 15 is 0 Å². The van der Waals surface area contributed by atoms with Crippen LogP contribution in [0.1, 0.15) is 16.7 Å². The van der Waals surface area contributed by atoms with E-state index in [1.807, 2.05) is 47.1 Å². The van der Waals surface area contributed by atoms with Gasteiger partial charge in [0.1, 0.15) is 0 Å². The summed E-state index contributed by atoms with van der Waals surface area (Å²) in [5.41, 5.74) is 1.70. The summed E-state index contributed by atoms with van der Waals surface area (Å²) in [6.07, 6.45) is -0.490. The first-order chi connectivity index (χ1) is 13.0. The Kier molecular flexibility index (Phi) is 5.37. The van der Waals surface area contributed by atoms with Gasteiger partial charge >= 0.3 is 39.2 Å². The van der Waals surface area contributed by atoms with Gasteiger partial charge in [0.2, 0.25) is 5.52 Å². The maximum absolute atomic E-state index is 12.5. The summed E-state index contributed by atoms with van der Waals surface area (Å²) in [7, 11) is -10.7. The van der Waals surface area contributed by atoms with Crippen LogP contribution >= 0.6 is 7.81 Å². The van der Waals surface area contributed by atoms with Crippen molar-refractivity contribution in [3.8, 4) is 11.8 Å². The third-order valence-electron chi connectivity index (χ3n) is 3.20.